The van der Waals surface area contributed by atoms with E-state index in [0.717, 1.165) is 25.1 Å². The van der Waals surface area contributed by atoms with Crippen molar-refractivity contribution >= 4 is 22.2 Å². The molecule has 122 valence electrons. The van der Waals surface area contributed by atoms with Crippen LogP contribution in [0.3, 0.4) is 0 Å². The molecule has 2 aromatic heterocycles. The van der Waals surface area contributed by atoms with Crippen LogP contribution in [-0.4, -0.2) is 25.7 Å². The molecule has 9 heteroatoms. The van der Waals surface area contributed by atoms with Gasteiger partial charge in [0.05, 0.1) is 6.20 Å². The second-order valence-corrected chi connectivity index (χ2v) is 6.29. The Hall–Kier alpha value is -2.55. The molecule has 3 rings (SSSR count). The van der Waals surface area contributed by atoms with E-state index in [9.17, 15) is 15.1 Å². The molecule has 23 heavy (non-hydrogen) atoms. The number of rotatable bonds is 5. The van der Waals surface area contributed by atoms with Crippen LogP contribution in [0, 0.1) is 5.92 Å². The SMILES string of the molecule is C/C(=N\OC(c1cc(=O)c(O)cn1O)C1CC1)c1csc(N)n1. The highest BCUT2D eigenvalue weighted by molar-refractivity contribution is 7.13. The van der Waals surface area contributed by atoms with E-state index in [4.69, 9.17) is 10.6 Å². The van der Waals surface area contributed by atoms with Crippen LogP contribution in [0.1, 0.15) is 37.3 Å². The van der Waals surface area contributed by atoms with Crippen LogP contribution in [-0.2, 0) is 4.84 Å². The maximum atomic E-state index is 11.6. The third-order valence-electron chi connectivity index (χ3n) is 3.58. The zero-order valence-corrected chi connectivity index (χ0v) is 13.2. The van der Waals surface area contributed by atoms with Gasteiger partial charge in [0.2, 0.25) is 5.43 Å². The lowest BCUT2D eigenvalue weighted by atomic mass is 10.1. The third kappa shape index (κ3) is 3.29. The Bertz CT molecular complexity index is 809. The van der Waals surface area contributed by atoms with Gasteiger partial charge in [-0.15, -0.1) is 11.3 Å². The van der Waals surface area contributed by atoms with Crippen molar-refractivity contribution in [2.24, 2.45) is 11.1 Å². The Morgan fingerprint density at radius 3 is 2.96 bits per heavy atom. The smallest absolute Gasteiger partial charge is 0.223 e. The van der Waals surface area contributed by atoms with Crippen molar-refractivity contribution in [1.82, 2.24) is 9.71 Å². The summed E-state index contributed by atoms with van der Waals surface area (Å²) in [5, 5.41) is 25.5. The Balaban J connectivity index is 1.86. The molecule has 1 unspecified atom stereocenters. The lowest BCUT2D eigenvalue weighted by Crippen LogP contribution is -2.16. The summed E-state index contributed by atoms with van der Waals surface area (Å²) in [4.78, 5) is 21.3. The first-order valence-electron chi connectivity index (χ1n) is 7.02. The Morgan fingerprint density at radius 2 is 2.35 bits per heavy atom. The van der Waals surface area contributed by atoms with E-state index >= 15 is 0 Å². The summed E-state index contributed by atoms with van der Waals surface area (Å²) in [6.07, 6.45) is 2.21. The van der Waals surface area contributed by atoms with Crippen molar-refractivity contribution in [2.75, 3.05) is 5.73 Å². The molecule has 0 bridgehead atoms. The first-order valence-corrected chi connectivity index (χ1v) is 7.90. The molecule has 2 heterocycles. The van der Waals surface area contributed by atoms with Crippen LogP contribution < -0.4 is 11.2 Å². The molecule has 1 saturated carbocycles. The van der Waals surface area contributed by atoms with Crippen molar-refractivity contribution in [3.8, 4) is 5.75 Å². The van der Waals surface area contributed by atoms with E-state index in [-0.39, 0.29) is 11.6 Å². The number of pyridine rings is 1. The Labute approximate surface area is 135 Å². The zero-order chi connectivity index (χ0) is 16.6. The molecule has 0 radical (unpaired) electrons. The fourth-order valence-corrected chi connectivity index (χ4v) is 2.76. The van der Waals surface area contributed by atoms with E-state index in [1.165, 1.54) is 11.3 Å². The summed E-state index contributed by atoms with van der Waals surface area (Å²) >= 11 is 1.31. The van der Waals surface area contributed by atoms with Gasteiger partial charge in [0, 0.05) is 17.4 Å². The van der Waals surface area contributed by atoms with Gasteiger partial charge in [-0.3, -0.25) is 4.79 Å². The van der Waals surface area contributed by atoms with Crippen molar-refractivity contribution < 1.29 is 15.2 Å². The highest BCUT2D eigenvalue weighted by Crippen LogP contribution is 2.43. The number of nitrogen functional groups attached to an aromatic ring is 1. The summed E-state index contributed by atoms with van der Waals surface area (Å²) in [6.45, 7) is 1.74. The number of aromatic nitrogens is 2. The number of hydrogen-bond donors (Lipinski definition) is 3. The molecule has 1 aliphatic rings. The van der Waals surface area contributed by atoms with Crippen LogP contribution in [0.15, 0.2) is 27.6 Å². The zero-order valence-electron chi connectivity index (χ0n) is 12.3. The minimum atomic E-state index is -0.576. The van der Waals surface area contributed by atoms with Crippen LogP contribution in [0.2, 0.25) is 0 Å². The highest BCUT2D eigenvalue weighted by atomic mass is 32.1. The van der Waals surface area contributed by atoms with Gasteiger partial charge in [0.25, 0.3) is 0 Å². The van der Waals surface area contributed by atoms with E-state index in [2.05, 4.69) is 10.1 Å². The van der Waals surface area contributed by atoms with Crippen molar-refractivity contribution in [1.29, 1.82) is 0 Å². The number of nitrogens with two attached hydrogens (primary N) is 1. The second-order valence-electron chi connectivity index (χ2n) is 5.40. The molecule has 0 aromatic carbocycles. The molecule has 4 N–H and O–H groups in total. The van der Waals surface area contributed by atoms with E-state index in [0.29, 0.717) is 21.3 Å². The molecule has 1 atom stereocenters. The predicted octanol–water partition coefficient (Wildman–Crippen LogP) is 1.72. The maximum Gasteiger partial charge on any atom is 0.223 e. The number of aromatic hydroxyl groups is 1. The fraction of sp³-hybridized carbons (Fsp3) is 0.357. The second kappa shape index (κ2) is 5.92. The van der Waals surface area contributed by atoms with Crippen LogP contribution >= 0.6 is 11.3 Å². The lowest BCUT2D eigenvalue weighted by Gasteiger charge is -2.17. The Morgan fingerprint density at radius 1 is 1.61 bits per heavy atom. The molecule has 0 aliphatic heterocycles. The van der Waals surface area contributed by atoms with Gasteiger partial charge in [-0.05, 0) is 19.8 Å². The topological polar surface area (TPSA) is 123 Å². The van der Waals surface area contributed by atoms with Gasteiger partial charge in [-0.25, -0.2) is 4.98 Å². The number of anilines is 1. The summed E-state index contributed by atoms with van der Waals surface area (Å²) in [6, 6.07) is 1.16. The largest absolute Gasteiger partial charge is 0.503 e. The van der Waals surface area contributed by atoms with Crippen LogP contribution in [0.5, 0.6) is 5.75 Å². The molecule has 0 amide bonds. The number of hydrogen-bond acceptors (Lipinski definition) is 8. The van der Waals surface area contributed by atoms with E-state index < -0.39 is 17.3 Å². The van der Waals surface area contributed by atoms with Crippen LogP contribution in [0.25, 0.3) is 0 Å². The maximum absolute atomic E-state index is 11.6. The summed E-state index contributed by atoms with van der Waals surface area (Å²) in [5.41, 5.74) is 6.44. The number of oxime groups is 1. The van der Waals surface area contributed by atoms with E-state index in [1.807, 2.05) is 0 Å². The van der Waals surface area contributed by atoms with Crippen LogP contribution in [0.4, 0.5) is 5.13 Å². The number of nitrogens with zero attached hydrogens (tertiary/aromatic N) is 3. The number of thiazole rings is 1. The molecule has 1 aliphatic carbocycles. The van der Waals surface area contributed by atoms with Gasteiger partial charge in [-0.2, -0.15) is 4.73 Å². The minimum absolute atomic E-state index is 0.161. The van der Waals surface area contributed by atoms with Gasteiger partial charge >= 0.3 is 0 Å². The van der Waals surface area contributed by atoms with Gasteiger partial charge in [0.15, 0.2) is 17.0 Å². The lowest BCUT2D eigenvalue weighted by molar-refractivity contribution is 0.0205. The normalized spacial score (nSPS) is 16.3. The first kappa shape index (κ1) is 15.3. The fourth-order valence-electron chi connectivity index (χ4n) is 2.16. The average molecular weight is 336 g/mol. The van der Waals surface area contributed by atoms with Crippen molar-refractivity contribution in [3.63, 3.8) is 0 Å². The monoisotopic (exact) mass is 336 g/mol. The summed E-state index contributed by atoms with van der Waals surface area (Å²) in [5.74, 6) is -0.363. The first-order chi connectivity index (χ1) is 11.0. The molecule has 1 fully saturated rings. The molecule has 2 aromatic rings. The standard InChI is InChI=1S/C14H16N4O4S/c1-7(9-6-23-14(15)16-9)17-22-13(8-2-3-8)10-4-11(19)12(20)5-18(10)21/h4-6,8,13,20-21H,2-3H2,1H3,(H2,15,16)/b17-7+. The van der Waals surface area contributed by atoms with Gasteiger partial charge in [-0.1, -0.05) is 5.16 Å². The third-order valence-corrected chi connectivity index (χ3v) is 4.25. The van der Waals surface area contributed by atoms with Gasteiger partial charge in [0.1, 0.15) is 17.1 Å². The summed E-state index contributed by atoms with van der Waals surface area (Å²) in [7, 11) is 0. The molecule has 0 saturated heterocycles. The van der Waals surface area contributed by atoms with Gasteiger partial charge < -0.3 is 20.9 Å². The average Bonchev–Trinajstić information content (AvgIpc) is 3.25. The van der Waals surface area contributed by atoms with Crippen molar-refractivity contribution in [2.45, 2.75) is 25.9 Å². The molecular weight excluding hydrogens is 320 g/mol. The Kier molecular flexibility index (Phi) is 3.95. The quantitative estimate of drug-likeness (QED) is 0.434. The van der Waals surface area contributed by atoms with E-state index in [1.54, 1.807) is 12.3 Å². The molecule has 8 nitrogen and oxygen atoms in total. The minimum Gasteiger partial charge on any atom is -0.503 e. The summed E-state index contributed by atoms with van der Waals surface area (Å²) < 4.78 is 0.700. The predicted molar refractivity (Wildman–Crippen MR) is 84.8 cm³/mol. The highest BCUT2D eigenvalue weighted by Gasteiger charge is 2.37. The molecule has 0 spiro atoms. The van der Waals surface area contributed by atoms with Crippen molar-refractivity contribution in [3.05, 3.63) is 39.3 Å². The molecular formula is C14H16N4O4S.